The maximum absolute atomic E-state index is 11.4. The largest absolute Gasteiger partial charge is 0.480 e. The van der Waals surface area contributed by atoms with Gasteiger partial charge in [-0.25, -0.2) is 0 Å². The molecule has 0 aliphatic heterocycles. The van der Waals surface area contributed by atoms with Gasteiger partial charge in [-0.3, -0.25) is 19.2 Å². The Morgan fingerprint density at radius 1 is 1.26 bits per heavy atom. The third-order valence-corrected chi connectivity index (χ3v) is 2.21. The predicted molar refractivity (Wildman–Crippen MR) is 64.7 cm³/mol. The van der Waals surface area contributed by atoms with Crippen LogP contribution in [0.5, 0.6) is 0 Å². The summed E-state index contributed by atoms with van der Waals surface area (Å²) in [4.78, 5) is 43.6. The third kappa shape index (κ3) is 7.71. The Hall–Kier alpha value is -2.16. The second-order valence-electron chi connectivity index (χ2n) is 3.96. The summed E-state index contributed by atoms with van der Waals surface area (Å²) in [5, 5.41) is 12.9. The minimum atomic E-state index is -1.18. The molecule has 0 aliphatic rings. The molecule has 0 heterocycles. The zero-order valence-corrected chi connectivity index (χ0v) is 10.5. The zero-order valence-electron chi connectivity index (χ0n) is 10.5. The lowest BCUT2D eigenvalue weighted by molar-refractivity contribution is -0.141. The quantitative estimate of drug-likeness (QED) is 0.322. The average Bonchev–Trinajstić information content (AvgIpc) is 2.32. The maximum Gasteiger partial charge on any atom is 0.325 e. The number of nitrogens with two attached hydrogens (primary N) is 2. The summed E-state index contributed by atoms with van der Waals surface area (Å²) < 4.78 is 0. The van der Waals surface area contributed by atoms with Gasteiger partial charge >= 0.3 is 5.97 Å². The van der Waals surface area contributed by atoms with E-state index in [-0.39, 0.29) is 19.4 Å². The Kier molecular flexibility index (Phi) is 7.12. The summed E-state index contributed by atoms with van der Waals surface area (Å²) in [6.07, 6.45) is 0.0468. The van der Waals surface area contributed by atoms with Gasteiger partial charge in [-0.15, -0.1) is 0 Å². The maximum atomic E-state index is 11.4. The fourth-order valence-electron chi connectivity index (χ4n) is 1.08. The highest BCUT2D eigenvalue weighted by atomic mass is 16.4. The summed E-state index contributed by atoms with van der Waals surface area (Å²) >= 11 is 0. The molecule has 0 spiro atoms. The number of carbonyl (C=O) groups is 4. The lowest BCUT2D eigenvalue weighted by Gasteiger charge is -2.12. The average molecular weight is 274 g/mol. The van der Waals surface area contributed by atoms with E-state index in [1.165, 1.54) is 6.92 Å². The number of primary amides is 1. The van der Waals surface area contributed by atoms with Gasteiger partial charge in [0.05, 0.1) is 12.6 Å². The Bertz CT molecular complexity index is 371. The summed E-state index contributed by atoms with van der Waals surface area (Å²) in [5.41, 5.74) is 10.4. The molecular formula is C10H18N4O5. The second-order valence-corrected chi connectivity index (χ2v) is 3.96. The fraction of sp³-hybridized carbons (Fsp3) is 0.600. The van der Waals surface area contributed by atoms with Gasteiger partial charge in [-0.05, 0) is 13.3 Å². The van der Waals surface area contributed by atoms with Gasteiger partial charge in [0.25, 0.3) is 0 Å². The van der Waals surface area contributed by atoms with Crippen LogP contribution in [-0.2, 0) is 19.2 Å². The van der Waals surface area contributed by atoms with Crippen molar-refractivity contribution in [1.82, 2.24) is 10.6 Å². The van der Waals surface area contributed by atoms with Crippen LogP contribution in [0.4, 0.5) is 0 Å². The van der Waals surface area contributed by atoms with Crippen LogP contribution < -0.4 is 22.1 Å². The molecule has 0 unspecified atom stereocenters. The summed E-state index contributed by atoms with van der Waals surface area (Å²) in [7, 11) is 0. The lowest BCUT2D eigenvalue weighted by Crippen LogP contribution is -2.47. The molecule has 0 fully saturated rings. The molecule has 19 heavy (non-hydrogen) atoms. The Balaban J connectivity index is 3.98. The van der Waals surface area contributed by atoms with E-state index >= 15 is 0 Å². The molecule has 0 aromatic heterocycles. The van der Waals surface area contributed by atoms with Crippen LogP contribution >= 0.6 is 0 Å². The molecule has 0 saturated carbocycles. The van der Waals surface area contributed by atoms with Crippen LogP contribution in [0.25, 0.3) is 0 Å². The van der Waals surface area contributed by atoms with Crippen molar-refractivity contribution < 1.29 is 24.3 Å². The molecule has 0 rings (SSSR count). The van der Waals surface area contributed by atoms with Gasteiger partial charge < -0.3 is 27.2 Å². The highest BCUT2D eigenvalue weighted by molar-refractivity contribution is 5.89. The molecule has 108 valence electrons. The zero-order chi connectivity index (χ0) is 15.0. The molecule has 7 N–H and O–H groups in total. The number of carbonyl (C=O) groups excluding carboxylic acids is 3. The standard InChI is InChI=1S/C10H18N4O5/c1-5(10(18)19)14-8(16)4-13-9(17)6(11)2-3-7(12)15/h5-6H,2-4,11H2,1H3,(H2,12,15)(H,13,17)(H,14,16)(H,18,19)/t5-,6-/m0/s1. The molecule has 0 aromatic carbocycles. The second kappa shape index (κ2) is 8.03. The molecule has 0 aromatic rings. The van der Waals surface area contributed by atoms with Gasteiger partial charge in [0.15, 0.2) is 0 Å². The minimum absolute atomic E-state index is 0.0309. The molecule has 3 amide bonds. The van der Waals surface area contributed by atoms with Crippen molar-refractivity contribution in [3.63, 3.8) is 0 Å². The van der Waals surface area contributed by atoms with Crippen LogP contribution in [0, 0.1) is 0 Å². The first-order chi connectivity index (χ1) is 8.73. The molecule has 9 heteroatoms. The van der Waals surface area contributed by atoms with E-state index in [9.17, 15) is 19.2 Å². The van der Waals surface area contributed by atoms with Crippen LogP contribution in [0.15, 0.2) is 0 Å². The number of rotatable bonds is 8. The number of hydrogen-bond donors (Lipinski definition) is 5. The smallest absolute Gasteiger partial charge is 0.325 e. The molecule has 0 radical (unpaired) electrons. The Morgan fingerprint density at radius 2 is 1.84 bits per heavy atom. The van der Waals surface area contributed by atoms with E-state index in [2.05, 4.69) is 10.6 Å². The van der Waals surface area contributed by atoms with E-state index in [1.807, 2.05) is 0 Å². The van der Waals surface area contributed by atoms with E-state index in [1.54, 1.807) is 0 Å². The van der Waals surface area contributed by atoms with Crippen molar-refractivity contribution in [1.29, 1.82) is 0 Å². The Morgan fingerprint density at radius 3 is 2.32 bits per heavy atom. The van der Waals surface area contributed by atoms with E-state index in [0.29, 0.717) is 0 Å². The van der Waals surface area contributed by atoms with Crippen LogP contribution in [0.2, 0.25) is 0 Å². The molecule has 0 bridgehead atoms. The molecule has 2 atom stereocenters. The van der Waals surface area contributed by atoms with Crippen LogP contribution in [-0.4, -0.2) is 47.4 Å². The molecular weight excluding hydrogens is 256 g/mol. The number of nitrogens with one attached hydrogen (secondary N) is 2. The number of carboxylic acids is 1. The SMILES string of the molecule is C[C@H](NC(=O)CNC(=O)[C@@H](N)CCC(N)=O)C(=O)O. The Labute approximate surface area is 109 Å². The first-order valence-electron chi connectivity index (χ1n) is 5.57. The van der Waals surface area contributed by atoms with Gasteiger partial charge in [-0.2, -0.15) is 0 Å². The number of aliphatic carboxylic acids is 1. The number of hydrogen-bond acceptors (Lipinski definition) is 5. The van der Waals surface area contributed by atoms with Crippen LogP contribution in [0.3, 0.4) is 0 Å². The van der Waals surface area contributed by atoms with Gasteiger partial charge in [-0.1, -0.05) is 0 Å². The minimum Gasteiger partial charge on any atom is -0.480 e. The molecule has 0 aliphatic carbocycles. The van der Waals surface area contributed by atoms with Crippen LogP contribution in [0.1, 0.15) is 19.8 Å². The molecule has 0 saturated heterocycles. The first kappa shape index (κ1) is 16.8. The predicted octanol–water partition coefficient (Wildman–Crippen LogP) is -2.72. The lowest BCUT2D eigenvalue weighted by atomic mass is 10.1. The highest BCUT2D eigenvalue weighted by Crippen LogP contribution is 1.93. The van der Waals surface area contributed by atoms with E-state index in [0.717, 1.165) is 0 Å². The van der Waals surface area contributed by atoms with Gasteiger partial charge in [0.1, 0.15) is 6.04 Å². The van der Waals surface area contributed by atoms with Crippen molar-refractivity contribution in [3.05, 3.63) is 0 Å². The van der Waals surface area contributed by atoms with E-state index < -0.39 is 35.8 Å². The third-order valence-electron chi connectivity index (χ3n) is 2.21. The normalized spacial score (nSPS) is 13.2. The van der Waals surface area contributed by atoms with Crippen molar-refractivity contribution in [2.24, 2.45) is 11.5 Å². The highest BCUT2D eigenvalue weighted by Gasteiger charge is 2.17. The summed E-state index contributed by atoms with van der Waals surface area (Å²) in [6.45, 7) is 0.904. The number of carboxylic acid groups (broad SMARTS) is 1. The topological polar surface area (TPSA) is 165 Å². The van der Waals surface area contributed by atoms with Crippen molar-refractivity contribution >= 4 is 23.7 Å². The monoisotopic (exact) mass is 274 g/mol. The summed E-state index contributed by atoms with van der Waals surface area (Å²) in [5.74, 6) is -3.01. The molecule has 9 nitrogen and oxygen atoms in total. The van der Waals surface area contributed by atoms with Crippen molar-refractivity contribution in [2.75, 3.05) is 6.54 Å². The fourth-order valence-corrected chi connectivity index (χ4v) is 1.08. The number of amides is 3. The van der Waals surface area contributed by atoms with Gasteiger partial charge in [0.2, 0.25) is 17.7 Å². The first-order valence-corrected chi connectivity index (χ1v) is 5.57. The van der Waals surface area contributed by atoms with E-state index in [4.69, 9.17) is 16.6 Å². The van der Waals surface area contributed by atoms with Crippen molar-refractivity contribution in [3.8, 4) is 0 Å². The van der Waals surface area contributed by atoms with Gasteiger partial charge in [0, 0.05) is 6.42 Å². The summed E-state index contributed by atoms with van der Waals surface area (Å²) in [6, 6.07) is -2.00. The van der Waals surface area contributed by atoms with Crippen molar-refractivity contribution in [2.45, 2.75) is 31.8 Å².